The molecular formula is C16H30N4O. The van der Waals surface area contributed by atoms with Gasteiger partial charge in [0.25, 0.3) is 0 Å². The molecule has 0 spiro atoms. The molecule has 0 aromatic carbocycles. The summed E-state index contributed by atoms with van der Waals surface area (Å²) in [5.41, 5.74) is 0. The van der Waals surface area contributed by atoms with Crippen molar-refractivity contribution in [1.82, 2.24) is 20.0 Å². The van der Waals surface area contributed by atoms with Crippen LogP contribution in [0.5, 0.6) is 0 Å². The minimum Gasteiger partial charge on any atom is -0.340 e. The average molecular weight is 294 g/mol. The summed E-state index contributed by atoms with van der Waals surface area (Å²) in [5.74, 6) is 0.350. The molecule has 3 heterocycles. The van der Waals surface area contributed by atoms with Crippen LogP contribution in [0.15, 0.2) is 0 Å². The Hall–Kier alpha value is -0.650. The van der Waals surface area contributed by atoms with Crippen molar-refractivity contribution in [2.24, 2.45) is 0 Å². The number of carbonyl (C=O) groups excluding carboxylic acids is 1. The van der Waals surface area contributed by atoms with E-state index in [-0.39, 0.29) is 0 Å². The minimum atomic E-state index is 0.350. The maximum absolute atomic E-state index is 12.3. The fourth-order valence-corrected chi connectivity index (χ4v) is 3.97. The van der Waals surface area contributed by atoms with Crippen molar-refractivity contribution in [1.29, 1.82) is 0 Å². The van der Waals surface area contributed by atoms with Gasteiger partial charge in [-0.05, 0) is 45.3 Å². The highest BCUT2D eigenvalue weighted by molar-refractivity contribution is 5.76. The molecule has 0 bridgehead atoms. The second-order valence-electron chi connectivity index (χ2n) is 6.72. The normalized spacial score (nSPS) is 28.4. The van der Waals surface area contributed by atoms with Gasteiger partial charge in [0, 0.05) is 51.7 Å². The molecule has 3 rings (SSSR count). The molecule has 0 aromatic heterocycles. The van der Waals surface area contributed by atoms with Crippen molar-refractivity contribution in [2.75, 3.05) is 58.9 Å². The fraction of sp³-hybridized carbons (Fsp3) is 0.938. The smallest absolute Gasteiger partial charge is 0.223 e. The molecule has 0 saturated carbocycles. The molecule has 1 unspecified atom stereocenters. The monoisotopic (exact) mass is 294 g/mol. The molecular weight excluding hydrogens is 264 g/mol. The second-order valence-corrected chi connectivity index (χ2v) is 6.72. The minimum absolute atomic E-state index is 0.350. The van der Waals surface area contributed by atoms with Crippen LogP contribution in [-0.2, 0) is 4.79 Å². The molecule has 1 atom stereocenters. The van der Waals surface area contributed by atoms with Gasteiger partial charge in [-0.2, -0.15) is 0 Å². The van der Waals surface area contributed by atoms with E-state index in [1.54, 1.807) is 0 Å². The maximum atomic E-state index is 12.3. The zero-order chi connectivity index (χ0) is 14.5. The molecule has 3 aliphatic rings. The van der Waals surface area contributed by atoms with Crippen LogP contribution in [0.3, 0.4) is 0 Å². The van der Waals surface area contributed by atoms with Crippen LogP contribution in [-0.4, -0.2) is 85.6 Å². The Labute approximate surface area is 128 Å². The zero-order valence-electron chi connectivity index (χ0n) is 13.2. The Morgan fingerprint density at radius 3 is 2.52 bits per heavy atom. The van der Waals surface area contributed by atoms with Crippen LogP contribution in [0.4, 0.5) is 0 Å². The van der Waals surface area contributed by atoms with Crippen molar-refractivity contribution in [3.05, 3.63) is 0 Å². The van der Waals surface area contributed by atoms with E-state index in [1.807, 2.05) is 4.90 Å². The zero-order valence-corrected chi connectivity index (χ0v) is 13.2. The lowest BCUT2D eigenvalue weighted by atomic mass is 10.2. The summed E-state index contributed by atoms with van der Waals surface area (Å²) in [5, 5.41) is 3.30. The Bertz CT molecular complexity index is 337. The molecule has 1 N–H and O–H groups in total. The van der Waals surface area contributed by atoms with E-state index in [0.717, 1.165) is 32.7 Å². The van der Waals surface area contributed by atoms with Gasteiger partial charge < -0.3 is 15.1 Å². The third-order valence-electron chi connectivity index (χ3n) is 5.25. The van der Waals surface area contributed by atoms with Crippen LogP contribution in [0.1, 0.15) is 32.1 Å². The number of carbonyl (C=O) groups is 1. The summed E-state index contributed by atoms with van der Waals surface area (Å²) in [6, 6.07) is 0.693. The van der Waals surface area contributed by atoms with Gasteiger partial charge in [-0.3, -0.25) is 9.69 Å². The first kappa shape index (κ1) is 15.3. The van der Waals surface area contributed by atoms with Crippen LogP contribution in [0.25, 0.3) is 0 Å². The van der Waals surface area contributed by atoms with Crippen molar-refractivity contribution >= 4 is 5.91 Å². The number of nitrogens with one attached hydrogen (secondary N) is 1. The Balaban J connectivity index is 1.41. The molecule has 21 heavy (non-hydrogen) atoms. The summed E-state index contributed by atoms with van der Waals surface area (Å²) < 4.78 is 0. The summed E-state index contributed by atoms with van der Waals surface area (Å²) in [4.78, 5) is 19.5. The molecule has 0 radical (unpaired) electrons. The lowest BCUT2D eigenvalue weighted by Crippen LogP contribution is -2.47. The number of piperazine rings is 1. The number of amides is 1. The van der Waals surface area contributed by atoms with E-state index >= 15 is 0 Å². The lowest BCUT2D eigenvalue weighted by Gasteiger charge is -2.30. The fourth-order valence-electron chi connectivity index (χ4n) is 3.97. The predicted octanol–water partition coefficient (Wildman–Crippen LogP) is 0.369. The summed E-state index contributed by atoms with van der Waals surface area (Å²) >= 11 is 0. The molecule has 3 saturated heterocycles. The first-order valence-electron chi connectivity index (χ1n) is 8.78. The van der Waals surface area contributed by atoms with Gasteiger partial charge in [0.2, 0.25) is 5.91 Å². The topological polar surface area (TPSA) is 38.8 Å². The van der Waals surface area contributed by atoms with Crippen LogP contribution in [0, 0.1) is 0 Å². The number of rotatable bonds is 5. The highest BCUT2D eigenvalue weighted by atomic mass is 16.2. The molecule has 120 valence electrons. The third-order valence-corrected chi connectivity index (χ3v) is 5.25. The Kier molecular flexibility index (Phi) is 5.49. The van der Waals surface area contributed by atoms with Gasteiger partial charge in [0.15, 0.2) is 0 Å². The molecule has 3 aliphatic heterocycles. The molecule has 3 fully saturated rings. The van der Waals surface area contributed by atoms with Gasteiger partial charge in [0.05, 0.1) is 0 Å². The van der Waals surface area contributed by atoms with E-state index in [0.29, 0.717) is 18.4 Å². The van der Waals surface area contributed by atoms with Crippen LogP contribution < -0.4 is 5.32 Å². The van der Waals surface area contributed by atoms with Gasteiger partial charge in [-0.15, -0.1) is 0 Å². The van der Waals surface area contributed by atoms with Crippen molar-refractivity contribution in [3.8, 4) is 0 Å². The highest BCUT2D eigenvalue weighted by Gasteiger charge is 2.28. The second kappa shape index (κ2) is 7.56. The highest BCUT2D eigenvalue weighted by Crippen LogP contribution is 2.20. The third kappa shape index (κ3) is 4.18. The number of likely N-dealkylation sites (tertiary alicyclic amines) is 2. The van der Waals surface area contributed by atoms with E-state index < -0.39 is 0 Å². The van der Waals surface area contributed by atoms with E-state index in [4.69, 9.17) is 0 Å². The largest absolute Gasteiger partial charge is 0.340 e. The van der Waals surface area contributed by atoms with Crippen LogP contribution >= 0.6 is 0 Å². The van der Waals surface area contributed by atoms with Crippen molar-refractivity contribution in [2.45, 2.75) is 38.1 Å². The van der Waals surface area contributed by atoms with Crippen LogP contribution in [0.2, 0.25) is 0 Å². The maximum Gasteiger partial charge on any atom is 0.223 e. The quantitative estimate of drug-likeness (QED) is 0.795. The number of hydrogen-bond donors (Lipinski definition) is 1. The average Bonchev–Trinajstić information content (AvgIpc) is 3.18. The first-order valence-corrected chi connectivity index (χ1v) is 8.78. The number of hydrogen-bond acceptors (Lipinski definition) is 4. The van der Waals surface area contributed by atoms with Crippen molar-refractivity contribution in [3.63, 3.8) is 0 Å². The van der Waals surface area contributed by atoms with Gasteiger partial charge in [0.1, 0.15) is 0 Å². The number of nitrogens with zero attached hydrogens (tertiary/aromatic N) is 3. The van der Waals surface area contributed by atoms with E-state index in [2.05, 4.69) is 15.1 Å². The Morgan fingerprint density at radius 1 is 1.00 bits per heavy atom. The van der Waals surface area contributed by atoms with Gasteiger partial charge >= 0.3 is 0 Å². The summed E-state index contributed by atoms with van der Waals surface area (Å²) in [7, 11) is 0. The predicted molar refractivity (Wildman–Crippen MR) is 84.3 cm³/mol. The summed E-state index contributed by atoms with van der Waals surface area (Å²) in [6.45, 7) is 9.61. The summed E-state index contributed by atoms with van der Waals surface area (Å²) in [6.07, 6.45) is 6.07. The standard InChI is InChI=1S/C16H30N4O/c21-16(20-12-6-17-7-13-20)5-11-19-10-3-4-15(19)14-18-8-1-2-9-18/h15,17H,1-14H2. The molecule has 1 amide bonds. The first-order chi connectivity index (χ1) is 10.3. The SMILES string of the molecule is O=C(CCN1CCCC1CN1CCCC1)N1CCNCC1. The Morgan fingerprint density at radius 2 is 1.76 bits per heavy atom. The molecule has 0 aliphatic carbocycles. The molecule has 5 nitrogen and oxygen atoms in total. The van der Waals surface area contributed by atoms with Gasteiger partial charge in [-0.25, -0.2) is 0 Å². The van der Waals surface area contributed by atoms with Gasteiger partial charge in [-0.1, -0.05) is 0 Å². The van der Waals surface area contributed by atoms with E-state index in [1.165, 1.54) is 51.9 Å². The van der Waals surface area contributed by atoms with Crippen molar-refractivity contribution < 1.29 is 4.79 Å². The molecule has 5 heteroatoms. The van der Waals surface area contributed by atoms with E-state index in [9.17, 15) is 4.79 Å². The lowest BCUT2D eigenvalue weighted by molar-refractivity contribution is -0.132. The molecule has 0 aromatic rings.